The van der Waals surface area contributed by atoms with Gasteiger partial charge in [0.1, 0.15) is 0 Å². The van der Waals surface area contributed by atoms with Crippen molar-refractivity contribution >= 4 is 5.91 Å². The maximum Gasteiger partial charge on any atom is 0.220 e. The van der Waals surface area contributed by atoms with Crippen molar-refractivity contribution in [3.8, 4) is 0 Å². The van der Waals surface area contributed by atoms with Gasteiger partial charge >= 0.3 is 0 Å². The van der Waals surface area contributed by atoms with Crippen LogP contribution in [0, 0.1) is 12.0 Å². The molecule has 0 atom stereocenters. The number of hydrogen-bond donors (Lipinski definition) is 1. The molecule has 1 N–H and O–H groups in total. The summed E-state index contributed by atoms with van der Waals surface area (Å²) in [5.74, 6) is 1.13. The minimum atomic E-state index is 0.259. The molecule has 0 bridgehead atoms. The molecule has 0 aromatic rings. The lowest BCUT2D eigenvalue weighted by Crippen LogP contribution is -2.27. The van der Waals surface area contributed by atoms with E-state index in [1.54, 1.807) is 0 Å². The molecule has 45 heavy (non-hydrogen) atoms. The van der Waals surface area contributed by atoms with Crippen molar-refractivity contribution < 1.29 is 4.79 Å². The van der Waals surface area contributed by atoms with Gasteiger partial charge in [-0.05, 0) is 25.2 Å². The number of amides is 1. The lowest BCUT2D eigenvalue weighted by Gasteiger charge is -2.16. The fourth-order valence-electron chi connectivity index (χ4n) is 6.79. The Labute approximate surface area is 286 Å². The summed E-state index contributed by atoms with van der Waals surface area (Å²) in [6, 6.07) is 1.27. The Morgan fingerprint density at radius 1 is 0.400 bits per heavy atom. The Morgan fingerprint density at radius 3 is 1.00 bits per heavy atom. The second kappa shape index (κ2) is 37.9. The monoisotopic (exact) mass is 633 g/mol. The minimum Gasteiger partial charge on any atom is -0.348 e. The topological polar surface area (TPSA) is 29.1 Å². The molecule has 269 valence electrons. The van der Waals surface area contributed by atoms with Gasteiger partial charge in [0.15, 0.2) is 0 Å². The first-order valence-electron chi connectivity index (χ1n) is 21.2. The highest BCUT2D eigenvalue weighted by molar-refractivity contribution is 5.77. The summed E-state index contributed by atoms with van der Waals surface area (Å²) in [6.45, 7) is 9.17. The van der Waals surface area contributed by atoms with Crippen LogP contribution in [0.15, 0.2) is 0 Å². The molecule has 0 aliphatic rings. The van der Waals surface area contributed by atoms with E-state index in [1.165, 1.54) is 212 Å². The van der Waals surface area contributed by atoms with Gasteiger partial charge in [-0.25, -0.2) is 0 Å². The molecule has 1 amide bonds. The molecule has 2 nitrogen and oxygen atoms in total. The van der Waals surface area contributed by atoms with Gasteiger partial charge in [0.2, 0.25) is 5.91 Å². The zero-order valence-corrected chi connectivity index (χ0v) is 31.9. The standard InChI is InChI=1S/C43H86NO/c1-5-7-8-9-10-11-12-13-14-15-16-17-18-22-25-28-31-34-37-40-43(45)44-42(6-2)39-36-33-30-27-24-21-19-20-23-26-29-32-35-38-41(3)4/h41H,5-40H2,1-4H3,(H,44,45). The SMILES string of the molecule is CCCCCCCCCCCCCCCCCCCCCC(=O)N[C](CC)CCCCCCCCCCCCCCCC(C)C. The second-order valence-electron chi connectivity index (χ2n) is 15.1. The molecule has 0 aromatic heterocycles. The maximum absolute atomic E-state index is 12.4. The fraction of sp³-hybridized carbons (Fsp3) is 0.953. The number of hydrogen-bond acceptors (Lipinski definition) is 1. The molecule has 0 saturated carbocycles. The van der Waals surface area contributed by atoms with Crippen LogP contribution in [0.25, 0.3) is 0 Å². The lowest BCUT2D eigenvalue weighted by molar-refractivity contribution is -0.121. The third kappa shape index (κ3) is 37.8. The molecule has 0 aliphatic carbocycles. The number of carbonyl (C=O) groups excluding carboxylic acids is 1. The van der Waals surface area contributed by atoms with Crippen LogP contribution in [0.2, 0.25) is 0 Å². The van der Waals surface area contributed by atoms with Crippen LogP contribution >= 0.6 is 0 Å². The quantitative estimate of drug-likeness (QED) is 0.0674. The van der Waals surface area contributed by atoms with Crippen LogP contribution in [0.5, 0.6) is 0 Å². The zero-order valence-electron chi connectivity index (χ0n) is 31.9. The fourth-order valence-corrected chi connectivity index (χ4v) is 6.79. The molecular formula is C43H86NO. The first kappa shape index (κ1) is 44.5. The first-order chi connectivity index (χ1) is 22.1. The van der Waals surface area contributed by atoms with Gasteiger partial charge in [0.05, 0.1) is 6.04 Å². The molecule has 0 unspecified atom stereocenters. The van der Waals surface area contributed by atoms with Crippen molar-refractivity contribution in [3.05, 3.63) is 6.04 Å². The Bertz CT molecular complexity index is 558. The van der Waals surface area contributed by atoms with Crippen molar-refractivity contribution in [2.75, 3.05) is 0 Å². The third-order valence-corrected chi connectivity index (χ3v) is 10.0. The van der Waals surface area contributed by atoms with E-state index in [0.29, 0.717) is 6.42 Å². The van der Waals surface area contributed by atoms with E-state index in [1.807, 2.05) is 0 Å². The van der Waals surface area contributed by atoms with Gasteiger partial charge in [0, 0.05) is 6.42 Å². The molecule has 0 fully saturated rings. The summed E-state index contributed by atoms with van der Waals surface area (Å²) in [4.78, 5) is 12.4. The number of nitrogens with one attached hydrogen (secondary N) is 1. The van der Waals surface area contributed by atoms with E-state index >= 15 is 0 Å². The highest BCUT2D eigenvalue weighted by Gasteiger charge is 2.11. The average Bonchev–Trinajstić information content (AvgIpc) is 3.03. The number of carbonyl (C=O) groups is 1. The molecule has 0 heterocycles. The van der Waals surface area contributed by atoms with Gasteiger partial charge < -0.3 is 5.32 Å². The molecule has 2 heteroatoms. The van der Waals surface area contributed by atoms with E-state index in [0.717, 1.165) is 25.2 Å². The lowest BCUT2D eigenvalue weighted by atomic mass is 10.0. The van der Waals surface area contributed by atoms with Crippen molar-refractivity contribution in [2.24, 2.45) is 5.92 Å². The normalized spacial score (nSPS) is 11.7. The average molecular weight is 633 g/mol. The highest BCUT2D eigenvalue weighted by atomic mass is 16.1. The first-order valence-corrected chi connectivity index (χ1v) is 21.2. The minimum absolute atomic E-state index is 0.259. The molecule has 0 aromatic carbocycles. The second-order valence-corrected chi connectivity index (χ2v) is 15.1. The van der Waals surface area contributed by atoms with E-state index in [4.69, 9.17) is 0 Å². The molecular weight excluding hydrogens is 546 g/mol. The van der Waals surface area contributed by atoms with Gasteiger partial charge in [-0.1, -0.05) is 233 Å². The molecule has 0 aliphatic heterocycles. The zero-order chi connectivity index (χ0) is 32.9. The van der Waals surface area contributed by atoms with Gasteiger partial charge in [-0.2, -0.15) is 0 Å². The summed E-state index contributed by atoms with van der Waals surface area (Å²) in [7, 11) is 0. The van der Waals surface area contributed by atoms with Crippen molar-refractivity contribution in [2.45, 2.75) is 259 Å². The van der Waals surface area contributed by atoms with E-state index in [2.05, 4.69) is 33.0 Å². The van der Waals surface area contributed by atoms with E-state index in [-0.39, 0.29) is 5.91 Å². The van der Waals surface area contributed by atoms with Crippen LogP contribution < -0.4 is 5.32 Å². The van der Waals surface area contributed by atoms with Crippen LogP contribution in [0.1, 0.15) is 259 Å². The van der Waals surface area contributed by atoms with Crippen molar-refractivity contribution in [1.29, 1.82) is 0 Å². The smallest absolute Gasteiger partial charge is 0.220 e. The van der Waals surface area contributed by atoms with Crippen LogP contribution in [0.3, 0.4) is 0 Å². The molecule has 0 saturated heterocycles. The summed E-state index contributed by atoms with van der Waals surface area (Å²) in [6.07, 6.45) is 48.9. The van der Waals surface area contributed by atoms with Crippen LogP contribution in [-0.4, -0.2) is 5.91 Å². The predicted molar refractivity (Wildman–Crippen MR) is 204 cm³/mol. The number of rotatable bonds is 38. The predicted octanol–water partition coefficient (Wildman–Crippen LogP) is 15.4. The Morgan fingerprint density at radius 2 is 0.689 bits per heavy atom. The third-order valence-electron chi connectivity index (χ3n) is 10.0. The van der Waals surface area contributed by atoms with Gasteiger partial charge in [-0.3, -0.25) is 4.79 Å². The summed E-state index contributed by atoms with van der Waals surface area (Å²) < 4.78 is 0. The van der Waals surface area contributed by atoms with E-state index in [9.17, 15) is 4.79 Å². The largest absolute Gasteiger partial charge is 0.348 e. The number of unbranched alkanes of at least 4 members (excludes halogenated alkanes) is 30. The summed E-state index contributed by atoms with van der Waals surface area (Å²) >= 11 is 0. The van der Waals surface area contributed by atoms with Gasteiger partial charge in [-0.15, -0.1) is 0 Å². The van der Waals surface area contributed by atoms with Crippen LogP contribution in [0.4, 0.5) is 0 Å². The van der Waals surface area contributed by atoms with E-state index < -0.39 is 0 Å². The Balaban J connectivity index is 3.36. The molecule has 0 spiro atoms. The maximum atomic E-state index is 12.4. The summed E-state index contributed by atoms with van der Waals surface area (Å²) in [5, 5.41) is 3.25. The summed E-state index contributed by atoms with van der Waals surface area (Å²) in [5.41, 5.74) is 0. The highest BCUT2D eigenvalue weighted by Crippen LogP contribution is 2.18. The van der Waals surface area contributed by atoms with Crippen LogP contribution in [-0.2, 0) is 4.79 Å². The van der Waals surface area contributed by atoms with Crippen molar-refractivity contribution in [1.82, 2.24) is 5.32 Å². The molecule has 0 rings (SSSR count). The Hall–Kier alpha value is -0.530. The van der Waals surface area contributed by atoms with Gasteiger partial charge in [0.25, 0.3) is 0 Å². The molecule has 1 radical (unpaired) electrons. The van der Waals surface area contributed by atoms with Crippen molar-refractivity contribution in [3.63, 3.8) is 0 Å². The Kier molecular flexibility index (Phi) is 37.5.